The SMILES string of the molecule is Cc1cc([C@@H](C)NC(=O)NCc2ccc(F)cc2)c(C)s1. The van der Waals surface area contributed by atoms with Crippen LogP contribution in [0.2, 0.25) is 0 Å². The zero-order chi connectivity index (χ0) is 15.4. The number of urea groups is 1. The first kappa shape index (κ1) is 15.5. The highest BCUT2D eigenvalue weighted by molar-refractivity contribution is 7.12. The van der Waals surface area contributed by atoms with E-state index < -0.39 is 0 Å². The van der Waals surface area contributed by atoms with Crippen molar-refractivity contribution in [2.75, 3.05) is 0 Å². The second kappa shape index (κ2) is 6.72. The van der Waals surface area contributed by atoms with Crippen molar-refractivity contribution in [2.24, 2.45) is 0 Å². The third kappa shape index (κ3) is 4.29. The Bertz CT molecular complexity index is 622. The Balaban J connectivity index is 1.87. The van der Waals surface area contributed by atoms with E-state index in [9.17, 15) is 9.18 Å². The lowest BCUT2D eigenvalue weighted by Gasteiger charge is -2.14. The molecule has 2 N–H and O–H groups in total. The molecule has 1 aromatic carbocycles. The third-order valence-corrected chi connectivity index (χ3v) is 4.24. The molecule has 0 aliphatic rings. The Hall–Kier alpha value is -1.88. The molecule has 5 heteroatoms. The van der Waals surface area contributed by atoms with Crippen LogP contribution in [0.15, 0.2) is 30.3 Å². The lowest BCUT2D eigenvalue weighted by atomic mass is 10.1. The molecule has 0 spiro atoms. The molecule has 0 unspecified atom stereocenters. The van der Waals surface area contributed by atoms with E-state index in [4.69, 9.17) is 0 Å². The van der Waals surface area contributed by atoms with Crippen LogP contribution in [-0.2, 0) is 6.54 Å². The molecular formula is C16H19FN2OS. The second-order valence-electron chi connectivity index (χ2n) is 5.04. The third-order valence-electron chi connectivity index (χ3n) is 3.26. The molecule has 112 valence electrons. The van der Waals surface area contributed by atoms with E-state index >= 15 is 0 Å². The summed E-state index contributed by atoms with van der Waals surface area (Å²) < 4.78 is 12.8. The standard InChI is InChI=1S/C16H19FN2OS/c1-10-8-15(12(3)21-10)11(2)19-16(20)18-9-13-4-6-14(17)7-5-13/h4-8,11H,9H2,1-3H3,(H2,18,19,20)/t11-/m1/s1. The predicted molar refractivity (Wildman–Crippen MR) is 84.0 cm³/mol. The van der Waals surface area contributed by atoms with E-state index in [2.05, 4.69) is 30.5 Å². The summed E-state index contributed by atoms with van der Waals surface area (Å²) in [5.74, 6) is -0.278. The lowest BCUT2D eigenvalue weighted by molar-refractivity contribution is 0.237. The van der Waals surface area contributed by atoms with Crippen molar-refractivity contribution >= 4 is 17.4 Å². The predicted octanol–water partition coefficient (Wildman–Crippen LogP) is 4.06. The fourth-order valence-electron chi connectivity index (χ4n) is 2.19. The quantitative estimate of drug-likeness (QED) is 0.878. The summed E-state index contributed by atoms with van der Waals surface area (Å²) in [5.41, 5.74) is 2.01. The Morgan fingerprint density at radius 3 is 2.52 bits per heavy atom. The number of hydrogen-bond donors (Lipinski definition) is 2. The number of nitrogens with one attached hydrogen (secondary N) is 2. The minimum atomic E-state index is -0.278. The van der Waals surface area contributed by atoms with Crippen LogP contribution in [-0.4, -0.2) is 6.03 Å². The number of rotatable bonds is 4. The lowest BCUT2D eigenvalue weighted by Crippen LogP contribution is -2.36. The Labute approximate surface area is 128 Å². The fourth-order valence-corrected chi connectivity index (χ4v) is 3.21. The van der Waals surface area contributed by atoms with Crippen LogP contribution in [0.3, 0.4) is 0 Å². The van der Waals surface area contributed by atoms with Crippen LogP contribution in [0, 0.1) is 19.7 Å². The minimum absolute atomic E-state index is 0.0387. The van der Waals surface area contributed by atoms with E-state index in [1.165, 1.54) is 21.9 Å². The van der Waals surface area contributed by atoms with Crippen molar-refractivity contribution < 1.29 is 9.18 Å². The summed E-state index contributed by atoms with van der Waals surface area (Å²) >= 11 is 1.73. The minimum Gasteiger partial charge on any atom is -0.334 e. The number of benzene rings is 1. The van der Waals surface area contributed by atoms with Gasteiger partial charge in [0.05, 0.1) is 6.04 Å². The molecule has 1 atom stereocenters. The molecule has 0 radical (unpaired) electrons. The van der Waals surface area contributed by atoms with Gasteiger partial charge in [-0.25, -0.2) is 9.18 Å². The number of aryl methyl sites for hydroxylation is 2. The van der Waals surface area contributed by atoms with Gasteiger partial charge in [-0.2, -0.15) is 0 Å². The van der Waals surface area contributed by atoms with Crippen molar-refractivity contribution in [1.29, 1.82) is 0 Å². The Kier molecular flexibility index (Phi) is 4.96. The number of thiophene rings is 1. The van der Waals surface area contributed by atoms with Gasteiger partial charge in [0.15, 0.2) is 0 Å². The van der Waals surface area contributed by atoms with Crippen molar-refractivity contribution in [2.45, 2.75) is 33.4 Å². The molecule has 3 nitrogen and oxygen atoms in total. The number of carbonyl (C=O) groups excluding carboxylic acids is 1. The van der Waals surface area contributed by atoms with Gasteiger partial charge in [0.1, 0.15) is 5.82 Å². The number of amides is 2. The maximum atomic E-state index is 12.8. The summed E-state index contributed by atoms with van der Waals surface area (Å²) in [7, 11) is 0. The smallest absolute Gasteiger partial charge is 0.315 e. The molecular weight excluding hydrogens is 287 g/mol. The molecule has 0 fully saturated rings. The van der Waals surface area contributed by atoms with Crippen molar-refractivity contribution in [3.63, 3.8) is 0 Å². The number of hydrogen-bond acceptors (Lipinski definition) is 2. The maximum absolute atomic E-state index is 12.8. The van der Waals surface area contributed by atoms with E-state index in [0.717, 1.165) is 11.1 Å². The van der Waals surface area contributed by atoms with Crippen LogP contribution >= 0.6 is 11.3 Å². The average molecular weight is 306 g/mol. The molecule has 2 aromatic rings. The molecule has 0 bridgehead atoms. The summed E-state index contributed by atoms with van der Waals surface area (Å²) in [6.45, 7) is 6.45. The average Bonchev–Trinajstić information content (AvgIpc) is 2.77. The monoisotopic (exact) mass is 306 g/mol. The first-order valence-corrected chi connectivity index (χ1v) is 7.63. The summed E-state index contributed by atoms with van der Waals surface area (Å²) in [6.07, 6.45) is 0. The topological polar surface area (TPSA) is 41.1 Å². The van der Waals surface area contributed by atoms with Gasteiger partial charge >= 0.3 is 6.03 Å². The van der Waals surface area contributed by atoms with Gasteiger partial charge in [-0.3, -0.25) is 0 Å². The fraction of sp³-hybridized carbons (Fsp3) is 0.312. The summed E-state index contributed by atoms with van der Waals surface area (Å²) in [5, 5.41) is 5.69. The molecule has 0 saturated heterocycles. The van der Waals surface area contributed by atoms with Gasteiger partial charge < -0.3 is 10.6 Å². The van der Waals surface area contributed by atoms with Crippen molar-refractivity contribution in [3.8, 4) is 0 Å². The molecule has 0 aliphatic heterocycles. The molecule has 21 heavy (non-hydrogen) atoms. The first-order valence-electron chi connectivity index (χ1n) is 6.81. The molecule has 1 aromatic heterocycles. The highest BCUT2D eigenvalue weighted by atomic mass is 32.1. The summed E-state index contributed by atoms with van der Waals surface area (Å²) in [4.78, 5) is 14.4. The molecule has 1 heterocycles. The van der Waals surface area contributed by atoms with Gasteiger partial charge in [-0.05, 0) is 50.1 Å². The number of carbonyl (C=O) groups is 1. The van der Waals surface area contributed by atoms with E-state index in [-0.39, 0.29) is 17.9 Å². The van der Waals surface area contributed by atoms with Crippen LogP contribution in [0.1, 0.15) is 33.8 Å². The second-order valence-corrected chi connectivity index (χ2v) is 6.50. The maximum Gasteiger partial charge on any atom is 0.315 e. The van der Waals surface area contributed by atoms with E-state index in [1.54, 1.807) is 23.5 Å². The van der Waals surface area contributed by atoms with Crippen molar-refractivity contribution in [1.82, 2.24) is 10.6 Å². The van der Waals surface area contributed by atoms with Gasteiger partial charge in [0.25, 0.3) is 0 Å². The normalized spacial score (nSPS) is 12.0. The molecule has 2 amide bonds. The number of halogens is 1. The Morgan fingerprint density at radius 1 is 1.29 bits per heavy atom. The van der Waals surface area contributed by atoms with E-state index in [1.807, 2.05) is 6.92 Å². The van der Waals surface area contributed by atoms with Crippen LogP contribution < -0.4 is 10.6 Å². The summed E-state index contributed by atoms with van der Waals surface area (Å²) in [6, 6.07) is 7.92. The molecule has 0 saturated carbocycles. The van der Waals surface area contributed by atoms with Crippen LogP contribution in [0.25, 0.3) is 0 Å². The van der Waals surface area contributed by atoms with Gasteiger partial charge in [-0.1, -0.05) is 12.1 Å². The van der Waals surface area contributed by atoms with Gasteiger partial charge in [0.2, 0.25) is 0 Å². The first-order chi connectivity index (χ1) is 9.95. The highest BCUT2D eigenvalue weighted by Gasteiger charge is 2.13. The van der Waals surface area contributed by atoms with Crippen LogP contribution in [0.5, 0.6) is 0 Å². The van der Waals surface area contributed by atoms with Crippen molar-refractivity contribution in [3.05, 3.63) is 57.0 Å². The zero-order valence-electron chi connectivity index (χ0n) is 12.4. The highest BCUT2D eigenvalue weighted by Crippen LogP contribution is 2.25. The van der Waals surface area contributed by atoms with Crippen LogP contribution in [0.4, 0.5) is 9.18 Å². The Morgan fingerprint density at radius 2 is 1.95 bits per heavy atom. The largest absolute Gasteiger partial charge is 0.334 e. The van der Waals surface area contributed by atoms with Gasteiger partial charge in [0, 0.05) is 16.3 Å². The van der Waals surface area contributed by atoms with E-state index in [0.29, 0.717) is 6.54 Å². The molecule has 0 aliphatic carbocycles. The molecule has 2 rings (SSSR count). The van der Waals surface area contributed by atoms with Gasteiger partial charge in [-0.15, -0.1) is 11.3 Å². The zero-order valence-corrected chi connectivity index (χ0v) is 13.2.